The van der Waals surface area contributed by atoms with Crippen LogP contribution in [0.1, 0.15) is 9.88 Å². The van der Waals surface area contributed by atoms with E-state index in [1.54, 1.807) is 22.7 Å². The number of halogens is 1. The van der Waals surface area contributed by atoms with Crippen LogP contribution in [0.25, 0.3) is 10.2 Å². The Kier molecular flexibility index (Phi) is 3.15. The van der Waals surface area contributed by atoms with Crippen LogP contribution in [0.5, 0.6) is 0 Å². The zero-order valence-electron chi connectivity index (χ0n) is 9.48. The summed E-state index contributed by atoms with van der Waals surface area (Å²) in [5.74, 6) is 0.763. The zero-order chi connectivity index (χ0) is 12.5. The van der Waals surface area contributed by atoms with Gasteiger partial charge in [-0.3, -0.25) is 0 Å². The van der Waals surface area contributed by atoms with Crippen LogP contribution in [0.3, 0.4) is 0 Å². The van der Waals surface area contributed by atoms with E-state index in [4.69, 9.17) is 11.6 Å². The Bertz CT molecular complexity index is 691. The molecule has 0 fully saturated rings. The lowest BCUT2D eigenvalue weighted by Gasteiger charge is -2.04. The highest BCUT2D eigenvalue weighted by Gasteiger charge is 2.08. The molecular formula is C11H9ClN4S2. The summed E-state index contributed by atoms with van der Waals surface area (Å²) in [5, 5.41) is 7.54. The summed E-state index contributed by atoms with van der Waals surface area (Å²) in [6, 6.07) is 1.99. The first-order chi connectivity index (χ1) is 8.72. The highest BCUT2D eigenvalue weighted by Crippen LogP contribution is 2.26. The van der Waals surface area contributed by atoms with Gasteiger partial charge in [0.05, 0.1) is 11.9 Å². The van der Waals surface area contributed by atoms with Gasteiger partial charge in [0.1, 0.15) is 15.7 Å². The molecule has 0 unspecified atom stereocenters. The van der Waals surface area contributed by atoms with E-state index in [0.717, 1.165) is 21.0 Å². The molecular weight excluding hydrogens is 288 g/mol. The Labute approximate surface area is 117 Å². The molecule has 3 aromatic heterocycles. The van der Waals surface area contributed by atoms with E-state index in [-0.39, 0.29) is 5.28 Å². The van der Waals surface area contributed by atoms with Crippen LogP contribution < -0.4 is 5.32 Å². The molecule has 0 spiro atoms. The number of thiophene rings is 1. The fraction of sp³-hybridized carbons (Fsp3) is 0.182. The van der Waals surface area contributed by atoms with E-state index in [0.29, 0.717) is 6.54 Å². The number of hydrogen-bond donors (Lipinski definition) is 1. The minimum atomic E-state index is 0.266. The van der Waals surface area contributed by atoms with Gasteiger partial charge in [-0.25, -0.2) is 15.0 Å². The molecule has 0 bridgehead atoms. The molecule has 1 N–H and O–H groups in total. The number of thiazole rings is 1. The minimum Gasteiger partial charge on any atom is -0.363 e. The van der Waals surface area contributed by atoms with Gasteiger partial charge in [-0.2, -0.15) is 0 Å². The van der Waals surface area contributed by atoms with Crippen LogP contribution >= 0.6 is 34.3 Å². The summed E-state index contributed by atoms with van der Waals surface area (Å²) in [6.45, 7) is 2.69. The number of anilines is 1. The maximum Gasteiger partial charge on any atom is 0.225 e. The molecule has 0 saturated heterocycles. The van der Waals surface area contributed by atoms with Gasteiger partial charge in [0.2, 0.25) is 5.28 Å². The molecule has 0 aliphatic heterocycles. The Hall–Kier alpha value is -1.24. The topological polar surface area (TPSA) is 50.7 Å². The highest BCUT2D eigenvalue weighted by molar-refractivity contribution is 7.16. The van der Waals surface area contributed by atoms with Gasteiger partial charge < -0.3 is 5.32 Å². The number of aryl methyl sites for hydroxylation is 1. The monoisotopic (exact) mass is 296 g/mol. The smallest absolute Gasteiger partial charge is 0.225 e. The summed E-state index contributed by atoms with van der Waals surface area (Å²) in [6.07, 6.45) is 1.87. The largest absolute Gasteiger partial charge is 0.363 e. The average Bonchev–Trinajstić information content (AvgIpc) is 2.94. The van der Waals surface area contributed by atoms with Crippen molar-refractivity contribution in [1.29, 1.82) is 0 Å². The van der Waals surface area contributed by atoms with Crippen LogP contribution in [-0.4, -0.2) is 15.0 Å². The molecule has 3 rings (SSSR count). The summed E-state index contributed by atoms with van der Waals surface area (Å²) < 4.78 is 0. The molecule has 18 heavy (non-hydrogen) atoms. The Morgan fingerprint density at radius 3 is 3.06 bits per heavy atom. The van der Waals surface area contributed by atoms with Crippen molar-refractivity contribution in [2.45, 2.75) is 13.5 Å². The van der Waals surface area contributed by atoms with Crippen LogP contribution in [0.4, 0.5) is 5.82 Å². The van der Waals surface area contributed by atoms with Crippen LogP contribution in [0, 0.1) is 6.92 Å². The Morgan fingerprint density at radius 1 is 1.39 bits per heavy atom. The van der Waals surface area contributed by atoms with E-state index < -0.39 is 0 Å². The van der Waals surface area contributed by atoms with Gasteiger partial charge in [-0.05, 0) is 30.0 Å². The van der Waals surface area contributed by atoms with E-state index in [1.807, 2.05) is 24.6 Å². The number of hydrogen-bond acceptors (Lipinski definition) is 6. The van der Waals surface area contributed by atoms with Gasteiger partial charge in [-0.1, -0.05) is 0 Å². The molecule has 92 valence electrons. The lowest BCUT2D eigenvalue weighted by atomic mass is 10.4. The van der Waals surface area contributed by atoms with Crippen molar-refractivity contribution in [2.75, 3.05) is 5.32 Å². The molecule has 0 radical (unpaired) electrons. The molecule has 3 aromatic rings. The number of nitrogens with zero attached hydrogens (tertiary/aromatic N) is 3. The maximum atomic E-state index is 5.90. The van der Waals surface area contributed by atoms with Gasteiger partial charge in [0.25, 0.3) is 0 Å². The average molecular weight is 297 g/mol. The molecule has 0 aliphatic rings. The van der Waals surface area contributed by atoms with Gasteiger partial charge in [0, 0.05) is 11.1 Å². The lowest BCUT2D eigenvalue weighted by molar-refractivity contribution is 1.07. The lowest BCUT2D eigenvalue weighted by Crippen LogP contribution is -2.02. The molecule has 0 aliphatic carbocycles. The van der Waals surface area contributed by atoms with Gasteiger partial charge in [0.15, 0.2) is 0 Å². The van der Waals surface area contributed by atoms with Crippen molar-refractivity contribution in [3.05, 3.63) is 32.8 Å². The number of fused-ring (bicyclic) bond motifs is 1. The summed E-state index contributed by atoms with van der Waals surface area (Å²) in [4.78, 5) is 14.8. The third-order valence-electron chi connectivity index (χ3n) is 2.37. The quantitative estimate of drug-likeness (QED) is 0.748. The fourth-order valence-electron chi connectivity index (χ4n) is 1.61. The second-order valence-electron chi connectivity index (χ2n) is 3.70. The molecule has 7 heteroatoms. The van der Waals surface area contributed by atoms with Gasteiger partial charge in [-0.15, -0.1) is 22.7 Å². The molecule has 0 amide bonds. The van der Waals surface area contributed by atoms with E-state index in [2.05, 4.69) is 20.3 Å². The van der Waals surface area contributed by atoms with Crippen LogP contribution in [0.2, 0.25) is 5.28 Å². The van der Waals surface area contributed by atoms with E-state index in [1.165, 1.54) is 4.88 Å². The normalized spacial score (nSPS) is 11.0. The Balaban J connectivity index is 1.87. The summed E-state index contributed by atoms with van der Waals surface area (Å²) in [5.41, 5.74) is 0. The van der Waals surface area contributed by atoms with Crippen molar-refractivity contribution in [3.63, 3.8) is 0 Å². The minimum absolute atomic E-state index is 0.266. The molecule has 0 aromatic carbocycles. The maximum absolute atomic E-state index is 5.90. The van der Waals surface area contributed by atoms with E-state index >= 15 is 0 Å². The summed E-state index contributed by atoms with van der Waals surface area (Å²) in [7, 11) is 0. The van der Waals surface area contributed by atoms with Crippen LogP contribution in [-0.2, 0) is 6.54 Å². The molecule has 0 saturated carbocycles. The number of nitrogens with one attached hydrogen (secondary N) is 1. The van der Waals surface area contributed by atoms with Crippen molar-refractivity contribution in [3.8, 4) is 0 Å². The van der Waals surface area contributed by atoms with Crippen molar-refractivity contribution >= 4 is 50.3 Å². The van der Waals surface area contributed by atoms with E-state index in [9.17, 15) is 0 Å². The number of rotatable bonds is 3. The third kappa shape index (κ3) is 2.31. The molecule has 4 nitrogen and oxygen atoms in total. The summed E-state index contributed by atoms with van der Waals surface area (Å²) >= 11 is 9.12. The molecule has 0 atom stereocenters. The van der Waals surface area contributed by atoms with Crippen molar-refractivity contribution in [1.82, 2.24) is 15.0 Å². The van der Waals surface area contributed by atoms with Crippen molar-refractivity contribution < 1.29 is 0 Å². The van der Waals surface area contributed by atoms with Gasteiger partial charge >= 0.3 is 0 Å². The molecule has 3 heterocycles. The third-order valence-corrected chi connectivity index (χ3v) is 4.26. The first kappa shape index (κ1) is 11.8. The number of aromatic nitrogens is 3. The predicted octanol–water partition coefficient (Wildman–Crippen LogP) is 3.72. The Morgan fingerprint density at radius 2 is 2.28 bits per heavy atom. The first-order valence-electron chi connectivity index (χ1n) is 5.28. The SMILES string of the molecule is Cc1cnc(CNc2nc(Cl)nc3sccc23)s1. The highest BCUT2D eigenvalue weighted by atomic mass is 35.5. The standard InChI is InChI=1S/C11H9ClN4S2/c1-6-4-13-8(18-6)5-14-9-7-2-3-17-10(7)16-11(12)15-9/h2-4H,5H2,1H3,(H,14,15,16). The second-order valence-corrected chi connectivity index (χ2v) is 6.25. The first-order valence-corrected chi connectivity index (χ1v) is 7.36. The second kappa shape index (κ2) is 4.79. The van der Waals surface area contributed by atoms with Crippen LogP contribution in [0.15, 0.2) is 17.6 Å². The zero-order valence-corrected chi connectivity index (χ0v) is 11.9. The fourth-order valence-corrected chi connectivity index (χ4v) is 3.32. The predicted molar refractivity (Wildman–Crippen MR) is 76.6 cm³/mol. The van der Waals surface area contributed by atoms with Crippen molar-refractivity contribution in [2.24, 2.45) is 0 Å².